The molecule has 108 valence electrons. The topological polar surface area (TPSA) is 0 Å². The van der Waals surface area contributed by atoms with Gasteiger partial charge in [0.05, 0.1) is 5.56 Å². The molecule has 0 amide bonds. The summed E-state index contributed by atoms with van der Waals surface area (Å²) in [4.78, 5) is 0. The van der Waals surface area contributed by atoms with Gasteiger partial charge in [-0.2, -0.15) is 13.2 Å². The van der Waals surface area contributed by atoms with E-state index in [1.165, 1.54) is 11.6 Å². The molecule has 0 N–H and O–H groups in total. The van der Waals surface area contributed by atoms with E-state index in [0.717, 1.165) is 25.0 Å². The Kier molecular flexibility index (Phi) is 5.05. The quantitative estimate of drug-likeness (QED) is 0.546. The lowest BCUT2D eigenvalue weighted by Gasteiger charge is -2.05. The van der Waals surface area contributed by atoms with Crippen LogP contribution in [0.5, 0.6) is 0 Å². The lowest BCUT2D eigenvalue weighted by atomic mass is 10.1. The fraction of sp³-hybridized carbons (Fsp3) is 0.222. The second kappa shape index (κ2) is 6.99. The van der Waals surface area contributed by atoms with E-state index in [-0.39, 0.29) is 0 Å². The molecule has 0 heterocycles. The maximum absolute atomic E-state index is 12.6. The average Bonchev–Trinajstić information content (AvgIpc) is 2.47. The molecule has 0 aromatic heterocycles. The van der Waals surface area contributed by atoms with Gasteiger partial charge in [-0.05, 0) is 36.6 Å². The Morgan fingerprint density at radius 2 is 1.67 bits per heavy atom. The normalized spacial score (nSPS) is 10.8. The van der Waals surface area contributed by atoms with Gasteiger partial charge in [0.1, 0.15) is 0 Å². The zero-order chi connectivity index (χ0) is 15.1. The number of halogens is 3. The van der Waals surface area contributed by atoms with Crippen LogP contribution in [0, 0.1) is 11.8 Å². The summed E-state index contributed by atoms with van der Waals surface area (Å²) >= 11 is 0. The van der Waals surface area contributed by atoms with Crippen LogP contribution in [0.15, 0.2) is 54.6 Å². The molecule has 0 bridgehead atoms. The molecule has 0 aliphatic rings. The molecule has 0 saturated carbocycles. The third-order valence-electron chi connectivity index (χ3n) is 3.03. The van der Waals surface area contributed by atoms with Crippen molar-refractivity contribution in [1.82, 2.24) is 0 Å². The number of rotatable bonds is 3. The van der Waals surface area contributed by atoms with E-state index in [0.29, 0.717) is 12.0 Å². The van der Waals surface area contributed by atoms with Crippen LogP contribution >= 0.6 is 0 Å². The zero-order valence-corrected chi connectivity index (χ0v) is 11.5. The average molecular weight is 288 g/mol. The van der Waals surface area contributed by atoms with Crippen molar-refractivity contribution in [1.29, 1.82) is 0 Å². The molecular formula is C18H15F3. The van der Waals surface area contributed by atoms with Crippen LogP contribution in [0.4, 0.5) is 13.2 Å². The number of aryl methyl sites for hydroxylation is 1. The van der Waals surface area contributed by atoms with Crippen molar-refractivity contribution >= 4 is 0 Å². The van der Waals surface area contributed by atoms with Crippen molar-refractivity contribution in [2.45, 2.75) is 25.4 Å². The second-order valence-corrected chi connectivity index (χ2v) is 4.72. The van der Waals surface area contributed by atoms with Crippen molar-refractivity contribution in [2.24, 2.45) is 0 Å². The van der Waals surface area contributed by atoms with Crippen LogP contribution < -0.4 is 0 Å². The summed E-state index contributed by atoms with van der Waals surface area (Å²) in [5, 5.41) is 0. The summed E-state index contributed by atoms with van der Waals surface area (Å²) < 4.78 is 37.7. The smallest absolute Gasteiger partial charge is 0.166 e. The van der Waals surface area contributed by atoms with E-state index in [1.807, 2.05) is 18.2 Å². The summed E-state index contributed by atoms with van der Waals surface area (Å²) in [6.07, 6.45) is -1.82. The summed E-state index contributed by atoms with van der Waals surface area (Å²) in [5.74, 6) is 5.73. The fourth-order valence-electron chi connectivity index (χ4n) is 1.96. The third-order valence-corrected chi connectivity index (χ3v) is 3.03. The molecule has 2 aromatic carbocycles. The van der Waals surface area contributed by atoms with Gasteiger partial charge in [0, 0.05) is 12.0 Å². The van der Waals surface area contributed by atoms with Crippen molar-refractivity contribution in [2.75, 3.05) is 0 Å². The third kappa shape index (κ3) is 5.00. The molecule has 3 heteroatoms. The lowest BCUT2D eigenvalue weighted by Crippen LogP contribution is -2.04. The van der Waals surface area contributed by atoms with Crippen LogP contribution in [0.3, 0.4) is 0 Å². The van der Waals surface area contributed by atoms with E-state index in [1.54, 1.807) is 6.07 Å². The number of hydrogen-bond donors (Lipinski definition) is 0. The Morgan fingerprint density at radius 1 is 0.905 bits per heavy atom. The predicted octanol–water partition coefficient (Wildman–Crippen LogP) is 5.08. The van der Waals surface area contributed by atoms with E-state index in [9.17, 15) is 13.2 Å². The van der Waals surface area contributed by atoms with Gasteiger partial charge in [-0.3, -0.25) is 0 Å². The largest absolute Gasteiger partial charge is 0.416 e. The highest BCUT2D eigenvalue weighted by Gasteiger charge is 2.30. The van der Waals surface area contributed by atoms with Crippen molar-refractivity contribution in [3.05, 3.63) is 71.3 Å². The molecular weight excluding hydrogens is 273 g/mol. The molecule has 0 spiro atoms. The first-order chi connectivity index (χ1) is 10.1. The van der Waals surface area contributed by atoms with Gasteiger partial charge in [0.2, 0.25) is 0 Å². The van der Waals surface area contributed by atoms with Crippen LogP contribution in [0.1, 0.15) is 29.5 Å². The van der Waals surface area contributed by atoms with E-state index >= 15 is 0 Å². The molecule has 2 aromatic rings. The minimum absolute atomic E-state index is 0.407. The summed E-state index contributed by atoms with van der Waals surface area (Å²) in [7, 11) is 0. The molecule has 0 aliphatic carbocycles. The Labute approximate surface area is 122 Å². The van der Waals surface area contributed by atoms with E-state index < -0.39 is 11.7 Å². The molecule has 2 rings (SSSR count). The van der Waals surface area contributed by atoms with Crippen molar-refractivity contribution in [3.8, 4) is 11.8 Å². The highest BCUT2D eigenvalue weighted by atomic mass is 19.4. The van der Waals surface area contributed by atoms with Crippen LogP contribution in [-0.2, 0) is 12.6 Å². The SMILES string of the molecule is FC(F)(F)c1cccc(C#CCCCc2ccccc2)c1. The van der Waals surface area contributed by atoms with Gasteiger partial charge in [-0.1, -0.05) is 48.2 Å². The first kappa shape index (κ1) is 15.2. The molecule has 0 aliphatic heterocycles. The van der Waals surface area contributed by atoms with Crippen molar-refractivity contribution in [3.63, 3.8) is 0 Å². The maximum atomic E-state index is 12.6. The fourth-order valence-corrected chi connectivity index (χ4v) is 1.96. The monoisotopic (exact) mass is 288 g/mol. The molecule has 21 heavy (non-hydrogen) atoms. The van der Waals surface area contributed by atoms with Gasteiger partial charge < -0.3 is 0 Å². The molecule has 0 fully saturated rings. The molecule has 0 unspecified atom stereocenters. The Bertz CT molecular complexity index is 631. The maximum Gasteiger partial charge on any atom is 0.416 e. The van der Waals surface area contributed by atoms with E-state index in [2.05, 4.69) is 24.0 Å². The standard InChI is InChI=1S/C18H15F3/c19-18(20,21)17-13-7-12-16(14-17)11-6-2-5-10-15-8-3-1-4-9-15/h1,3-4,7-9,12-14H,2,5,10H2. The van der Waals surface area contributed by atoms with Gasteiger partial charge in [0.15, 0.2) is 0 Å². The minimum Gasteiger partial charge on any atom is -0.166 e. The van der Waals surface area contributed by atoms with Crippen LogP contribution in [0.2, 0.25) is 0 Å². The van der Waals surface area contributed by atoms with E-state index in [4.69, 9.17) is 0 Å². The molecule has 0 saturated heterocycles. The number of hydrogen-bond acceptors (Lipinski definition) is 0. The first-order valence-electron chi connectivity index (χ1n) is 6.76. The highest BCUT2D eigenvalue weighted by Crippen LogP contribution is 2.29. The number of alkyl halides is 3. The minimum atomic E-state index is -4.31. The number of unbranched alkanes of at least 4 members (excludes halogenated alkanes) is 1. The summed E-state index contributed by atoms with van der Waals surface area (Å²) in [6, 6.07) is 15.2. The van der Waals surface area contributed by atoms with Crippen LogP contribution in [0.25, 0.3) is 0 Å². The zero-order valence-electron chi connectivity index (χ0n) is 11.5. The summed E-state index contributed by atoms with van der Waals surface area (Å²) in [6.45, 7) is 0. The van der Waals surface area contributed by atoms with Gasteiger partial charge in [0.25, 0.3) is 0 Å². The van der Waals surface area contributed by atoms with Gasteiger partial charge >= 0.3 is 6.18 Å². The predicted molar refractivity (Wildman–Crippen MR) is 77.7 cm³/mol. The highest BCUT2D eigenvalue weighted by molar-refractivity contribution is 5.38. The Balaban J connectivity index is 1.88. The lowest BCUT2D eigenvalue weighted by molar-refractivity contribution is -0.137. The second-order valence-electron chi connectivity index (χ2n) is 4.72. The molecule has 0 nitrogen and oxygen atoms in total. The van der Waals surface area contributed by atoms with Crippen LogP contribution in [-0.4, -0.2) is 0 Å². The Morgan fingerprint density at radius 3 is 2.38 bits per heavy atom. The first-order valence-corrected chi connectivity index (χ1v) is 6.76. The molecule has 0 radical (unpaired) electrons. The summed E-state index contributed by atoms with van der Waals surface area (Å²) in [5.41, 5.74) is 1.00. The van der Waals surface area contributed by atoms with Gasteiger partial charge in [-0.15, -0.1) is 0 Å². The Hall–Kier alpha value is -2.21. The van der Waals surface area contributed by atoms with Crippen molar-refractivity contribution < 1.29 is 13.2 Å². The molecule has 0 atom stereocenters. The number of benzene rings is 2. The van der Waals surface area contributed by atoms with Gasteiger partial charge in [-0.25, -0.2) is 0 Å².